The molecule has 0 aromatic heterocycles. The molecule has 0 spiro atoms. The predicted octanol–water partition coefficient (Wildman–Crippen LogP) is 1.83. The Hall–Kier alpha value is 1.14. The van der Waals surface area contributed by atoms with Crippen molar-refractivity contribution in [1.29, 1.82) is 0 Å². The van der Waals surface area contributed by atoms with Crippen molar-refractivity contribution in [2.45, 2.75) is 18.6 Å². The molecule has 0 unspecified atom stereocenters. The zero-order chi connectivity index (χ0) is 3.41. The summed E-state index contributed by atoms with van der Waals surface area (Å²) in [5, 5.41) is 1.26. The van der Waals surface area contributed by atoms with Crippen LogP contribution in [0.1, 0.15) is 13.3 Å². The molecule has 0 atom stereocenters. The first-order valence-electron chi connectivity index (χ1n) is 1.52. The third kappa shape index (κ3) is 19.2. The van der Waals surface area contributed by atoms with Crippen molar-refractivity contribution in [3.63, 3.8) is 0 Å². The van der Waals surface area contributed by atoms with Gasteiger partial charge in [-0.25, -0.2) is 0 Å². The monoisotopic (exact) mass is 190 g/mol. The Morgan fingerprint density at radius 3 is 1.50 bits per heavy atom. The Morgan fingerprint density at radius 1 is 1.33 bits per heavy atom. The average Bonchev–Trinajstić information content (AvgIpc) is 1.37. The first kappa shape index (κ1) is 15.7. The summed E-state index contributed by atoms with van der Waals surface area (Å²) >= 11 is 2.54. The molecule has 0 amide bonds. The Bertz CT molecular complexity index is 10.8. The fourth-order valence-electron chi connectivity index (χ4n) is 0. The summed E-state index contributed by atoms with van der Waals surface area (Å²) in [5.74, 6) is 0. The van der Waals surface area contributed by atoms with Gasteiger partial charge in [-0.15, -0.1) is 24.8 Å². The van der Waals surface area contributed by atoms with Crippen LogP contribution in [0.5, 0.6) is 0 Å². The summed E-state index contributed by atoms with van der Waals surface area (Å²) < 4.78 is 0. The van der Waals surface area contributed by atoms with Gasteiger partial charge in [0.15, 0.2) is 0 Å². The molecule has 40 valence electrons. The molecule has 0 bridgehead atoms. The third-order valence-electron chi connectivity index (χ3n) is 0.224. The van der Waals surface area contributed by atoms with E-state index in [2.05, 4.69) is 23.8 Å². The predicted molar refractivity (Wildman–Crippen MR) is 35.3 cm³/mol. The average molecular weight is 191 g/mol. The SMILES string of the molecule is CCC[As].Cl.Cl. The van der Waals surface area contributed by atoms with Crippen LogP contribution in [0.4, 0.5) is 0 Å². The van der Waals surface area contributed by atoms with Crippen LogP contribution in [0.2, 0.25) is 5.21 Å². The maximum Gasteiger partial charge on any atom is -0.147 e. The van der Waals surface area contributed by atoms with Crippen LogP contribution in [0.15, 0.2) is 0 Å². The molecule has 0 heterocycles. The summed E-state index contributed by atoms with van der Waals surface area (Å²) in [6.07, 6.45) is 1.29. The van der Waals surface area contributed by atoms with E-state index in [-0.39, 0.29) is 24.8 Å². The van der Waals surface area contributed by atoms with E-state index < -0.39 is 0 Å². The first-order valence-corrected chi connectivity index (χ1v) is 2.85. The molecule has 2 radical (unpaired) electrons. The van der Waals surface area contributed by atoms with Gasteiger partial charge in [-0.05, 0) is 0 Å². The minimum atomic E-state index is 0. The number of rotatable bonds is 1. The molecule has 0 aliphatic carbocycles. The Balaban J connectivity index is -0.0000000450. The van der Waals surface area contributed by atoms with E-state index >= 15 is 0 Å². The van der Waals surface area contributed by atoms with E-state index in [1.54, 1.807) is 0 Å². The number of hydrogen-bond donors (Lipinski definition) is 0. The topological polar surface area (TPSA) is 0 Å². The van der Waals surface area contributed by atoms with Gasteiger partial charge < -0.3 is 0 Å². The van der Waals surface area contributed by atoms with E-state index in [1.807, 2.05) is 0 Å². The molecule has 0 rings (SSSR count). The maximum atomic E-state index is 2.54. The molecule has 0 N–H and O–H groups in total. The Labute approximate surface area is 60.4 Å². The fraction of sp³-hybridized carbons (Fsp3) is 1.00. The van der Waals surface area contributed by atoms with Gasteiger partial charge in [0.25, 0.3) is 0 Å². The molecular formula is C3H9AsCl2. The van der Waals surface area contributed by atoms with Gasteiger partial charge in [-0.1, -0.05) is 0 Å². The molecular weight excluding hydrogens is 182 g/mol. The summed E-state index contributed by atoms with van der Waals surface area (Å²) in [4.78, 5) is 0. The molecule has 3 heteroatoms. The number of halogens is 2. The molecule has 0 aromatic rings. The van der Waals surface area contributed by atoms with Crippen molar-refractivity contribution in [2.75, 3.05) is 0 Å². The quantitative estimate of drug-likeness (QED) is 0.554. The molecule has 0 nitrogen and oxygen atoms in total. The van der Waals surface area contributed by atoms with E-state index in [4.69, 9.17) is 0 Å². The van der Waals surface area contributed by atoms with Crippen molar-refractivity contribution in [3.05, 3.63) is 0 Å². The van der Waals surface area contributed by atoms with Crippen molar-refractivity contribution in [3.8, 4) is 0 Å². The third-order valence-corrected chi connectivity index (χ3v) is 1.16. The zero-order valence-corrected chi connectivity index (χ0v) is 7.19. The second-order valence-corrected chi connectivity index (χ2v) is 1.66. The van der Waals surface area contributed by atoms with Crippen LogP contribution in [0, 0.1) is 0 Å². The van der Waals surface area contributed by atoms with Crippen LogP contribution in [-0.2, 0) is 0 Å². The molecule has 0 aliphatic heterocycles. The smallest absolute Gasteiger partial charge is 0.147 e. The van der Waals surface area contributed by atoms with Crippen molar-refractivity contribution in [2.24, 2.45) is 0 Å². The maximum absolute atomic E-state index is 2.54. The fourth-order valence-corrected chi connectivity index (χ4v) is 0. The Kier molecular flexibility index (Phi) is 43.1. The summed E-state index contributed by atoms with van der Waals surface area (Å²) in [5.41, 5.74) is 0. The zero-order valence-electron chi connectivity index (χ0n) is 3.68. The van der Waals surface area contributed by atoms with Gasteiger partial charge in [-0.3, -0.25) is 0 Å². The largest absolute Gasteiger partial charge is 0.147 e. The van der Waals surface area contributed by atoms with Crippen LogP contribution in [-0.4, -0.2) is 16.9 Å². The van der Waals surface area contributed by atoms with Crippen molar-refractivity contribution < 1.29 is 0 Å². The Morgan fingerprint density at radius 2 is 1.50 bits per heavy atom. The van der Waals surface area contributed by atoms with Crippen molar-refractivity contribution >= 4 is 41.7 Å². The van der Waals surface area contributed by atoms with Crippen LogP contribution < -0.4 is 0 Å². The second-order valence-electron chi connectivity index (χ2n) is 0.724. The molecule has 0 fully saturated rings. The molecule has 0 aromatic carbocycles. The van der Waals surface area contributed by atoms with Gasteiger partial charge in [-0.2, -0.15) is 0 Å². The minimum absolute atomic E-state index is 0. The minimum Gasteiger partial charge on any atom is -0.147 e. The van der Waals surface area contributed by atoms with Crippen LogP contribution in [0.25, 0.3) is 0 Å². The van der Waals surface area contributed by atoms with E-state index in [0.717, 1.165) is 0 Å². The van der Waals surface area contributed by atoms with E-state index in [1.165, 1.54) is 11.6 Å². The van der Waals surface area contributed by atoms with Gasteiger partial charge in [0, 0.05) is 0 Å². The van der Waals surface area contributed by atoms with Gasteiger partial charge in [0.2, 0.25) is 0 Å². The van der Waals surface area contributed by atoms with E-state index in [0.29, 0.717) is 0 Å². The summed E-state index contributed by atoms with van der Waals surface area (Å²) in [7, 11) is 0. The van der Waals surface area contributed by atoms with Gasteiger partial charge in [0.1, 0.15) is 0 Å². The first-order chi connectivity index (χ1) is 1.91. The molecule has 6 heavy (non-hydrogen) atoms. The summed E-state index contributed by atoms with van der Waals surface area (Å²) in [6.45, 7) is 2.16. The molecule has 0 aliphatic rings. The van der Waals surface area contributed by atoms with Crippen molar-refractivity contribution in [1.82, 2.24) is 0 Å². The second kappa shape index (κ2) is 16.5. The van der Waals surface area contributed by atoms with Gasteiger partial charge >= 0.3 is 35.4 Å². The van der Waals surface area contributed by atoms with Gasteiger partial charge in [0.05, 0.1) is 0 Å². The summed E-state index contributed by atoms with van der Waals surface area (Å²) in [6, 6.07) is 0. The van der Waals surface area contributed by atoms with Crippen LogP contribution in [0.3, 0.4) is 0 Å². The van der Waals surface area contributed by atoms with E-state index in [9.17, 15) is 0 Å². The standard InChI is InChI=1S/C3H7As.2ClH/c1-2-3-4;;/h2-3H2,1H3;2*1H. The number of hydrogen-bond acceptors (Lipinski definition) is 0. The molecule has 0 saturated heterocycles. The normalized spacial score (nSPS) is 5.00. The molecule has 0 saturated carbocycles. The van der Waals surface area contributed by atoms with Crippen LogP contribution >= 0.6 is 24.8 Å².